The van der Waals surface area contributed by atoms with Gasteiger partial charge in [-0.05, 0) is 17.3 Å². The Hall–Kier alpha value is -0.700. The molecule has 0 N–H and O–H groups in total. The first-order valence-corrected chi connectivity index (χ1v) is 5.41. The Balaban J connectivity index is 2.44. The van der Waals surface area contributed by atoms with E-state index in [9.17, 15) is 0 Å². The van der Waals surface area contributed by atoms with E-state index in [0.29, 0.717) is 5.92 Å². The van der Waals surface area contributed by atoms with Gasteiger partial charge in [0, 0.05) is 0 Å². The van der Waals surface area contributed by atoms with Crippen LogP contribution in [0.4, 0.5) is 0 Å². The molecule has 72 valence electrons. The van der Waals surface area contributed by atoms with Crippen molar-refractivity contribution in [3.63, 3.8) is 0 Å². The summed E-state index contributed by atoms with van der Waals surface area (Å²) in [5.74, 6) is 1.75. The monoisotopic (exact) mass is 197 g/mol. The molecule has 0 saturated carbocycles. The van der Waals surface area contributed by atoms with Crippen LogP contribution >= 0.6 is 11.5 Å². The van der Waals surface area contributed by atoms with Crippen LogP contribution in [-0.4, -0.2) is 4.98 Å². The van der Waals surface area contributed by atoms with Gasteiger partial charge in [-0.25, -0.2) is 0 Å². The van der Waals surface area contributed by atoms with Crippen molar-refractivity contribution in [2.75, 3.05) is 0 Å². The minimum absolute atomic E-state index is 0.587. The number of nitrogens with zero attached hydrogens (tertiary/aromatic N) is 2. The topological polar surface area (TPSA) is 16.8 Å². The fourth-order valence-electron chi connectivity index (χ4n) is 1.08. The smallest absolute Gasteiger partial charge is 0.176 e. The van der Waals surface area contributed by atoms with Gasteiger partial charge in [-0.2, -0.15) is 3.96 Å². The molecular weight excluding hydrogens is 180 g/mol. The SMILES string of the molecule is C=C(CCc1ncs[n+]1C)C(C)C. The van der Waals surface area contributed by atoms with Crippen LogP contribution in [-0.2, 0) is 13.5 Å². The van der Waals surface area contributed by atoms with Gasteiger partial charge < -0.3 is 0 Å². The summed E-state index contributed by atoms with van der Waals surface area (Å²) in [4.78, 5) is 4.29. The Kier molecular flexibility index (Phi) is 3.60. The van der Waals surface area contributed by atoms with Crippen molar-refractivity contribution in [3.05, 3.63) is 23.5 Å². The van der Waals surface area contributed by atoms with E-state index in [4.69, 9.17) is 0 Å². The Morgan fingerprint density at radius 3 is 2.85 bits per heavy atom. The molecule has 0 atom stereocenters. The van der Waals surface area contributed by atoms with Crippen molar-refractivity contribution >= 4 is 11.5 Å². The highest BCUT2D eigenvalue weighted by Crippen LogP contribution is 2.12. The van der Waals surface area contributed by atoms with Crippen molar-refractivity contribution in [1.82, 2.24) is 4.98 Å². The molecule has 0 aliphatic carbocycles. The zero-order chi connectivity index (χ0) is 9.84. The Morgan fingerprint density at radius 2 is 2.38 bits per heavy atom. The van der Waals surface area contributed by atoms with Gasteiger partial charge in [-0.3, -0.25) is 0 Å². The van der Waals surface area contributed by atoms with Crippen LogP contribution in [0.5, 0.6) is 0 Å². The second-order valence-corrected chi connectivity index (χ2v) is 4.54. The fourth-order valence-corrected chi connectivity index (χ4v) is 1.65. The lowest BCUT2D eigenvalue weighted by Crippen LogP contribution is -2.27. The summed E-state index contributed by atoms with van der Waals surface area (Å²) in [7, 11) is 2.05. The van der Waals surface area contributed by atoms with Crippen LogP contribution in [0, 0.1) is 5.92 Å². The quantitative estimate of drug-likeness (QED) is 0.533. The molecule has 0 spiro atoms. The van der Waals surface area contributed by atoms with E-state index in [-0.39, 0.29) is 0 Å². The molecular formula is C10H17N2S+. The van der Waals surface area contributed by atoms with Gasteiger partial charge in [-0.1, -0.05) is 26.0 Å². The predicted octanol–water partition coefficient (Wildman–Crippen LogP) is 2.11. The average Bonchev–Trinajstić information content (AvgIpc) is 2.47. The normalized spacial score (nSPS) is 10.8. The van der Waals surface area contributed by atoms with Crippen LogP contribution in [0.15, 0.2) is 17.7 Å². The molecule has 0 fully saturated rings. The lowest BCUT2D eigenvalue weighted by Gasteiger charge is -2.05. The molecule has 1 aromatic heterocycles. The first-order chi connectivity index (χ1) is 6.11. The first-order valence-electron chi connectivity index (χ1n) is 4.57. The van der Waals surface area contributed by atoms with Gasteiger partial charge >= 0.3 is 5.82 Å². The molecule has 0 radical (unpaired) electrons. The number of aromatic nitrogens is 2. The largest absolute Gasteiger partial charge is 0.310 e. The van der Waals surface area contributed by atoms with E-state index in [1.165, 1.54) is 5.57 Å². The van der Waals surface area contributed by atoms with Crippen LogP contribution in [0.2, 0.25) is 0 Å². The van der Waals surface area contributed by atoms with Crippen LogP contribution in [0.3, 0.4) is 0 Å². The predicted molar refractivity (Wildman–Crippen MR) is 55.6 cm³/mol. The molecule has 0 bridgehead atoms. The molecule has 13 heavy (non-hydrogen) atoms. The minimum Gasteiger partial charge on any atom is -0.176 e. The number of allylic oxidation sites excluding steroid dienone is 1. The summed E-state index contributed by atoms with van der Waals surface area (Å²) < 4.78 is 2.10. The first kappa shape index (κ1) is 10.4. The molecule has 3 heteroatoms. The zero-order valence-corrected chi connectivity index (χ0v) is 9.40. The van der Waals surface area contributed by atoms with E-state index >= 15 is 0 Å². The highest BCUT2D eigenvalue weighted by molar-refractivity contribution is 6.99. The van der Waals surface area contributed by atoms with E-state index < -0.39 is 0 Å². The van der Waals surface area contributed by atoms with Crippen LogP contribution in [0.1, 0.15) is 26.1 Å². The van der Waals surface area contributed by atoms with E-state index in [1.54, 1.807) is 11.5 Å². The molecule has 2 nitrogen and oxygen atoms in total. The van der Waals surface area contributed by atoms with E-state index in [2.05, 4.69) is 29.4 Å². The second-order valence-electron chi connectivity index (χ2n) is 3.57. The lowest BCUT2D eigenvalue weighted by atomic mass is 10.0. The summed E-state index contributed by atoms with van der Waals surface area (Å²) >= 11 is 1.64. The van der Waals surface area contributed by atoms with Crippen LogP contribution < -0.4 is 3.96 Å². The van der Waals surface area contributed by atoms with Crippen molar-refractivity contribution in [2.24, 2.45) is 13.0 Å². The third-order valence-electron chi connectivity index (χ3n) is 2.26. The van der Waals surface area contributed by atoms with Crippen molar-refractivity contribution in [3.8, 4) is 0 Å². The van der Waals surface area contributed by atoms with Gasteiger partial charge in [-0.15, -0.1) is 0 Å². The van der Waals surface area contributed by atoms with E-state index in [1.807, 2.05) is 12.6 Å². The number of hydrogen-bond donors (Lipinski definition) is 0. The van der Waals surface area contributed by atoms with Gasteiger partial charge in [0.05, 0.1) is 25.0 Å². The highest BCUT2D eigenvalue weighted by atomic mass is 32.1. The number of aryl methyl sites for hydroxylation is 2. The molecule has 0 amide bonds. The maximum atomic E-state index is 4.29. The fraction of sp³-hybridized carbons (Fsp3) is 0.600. The molecule has 0 saturated heterocycles. The zero-order valence-electron chi connectivity index (χ0n) is 8.58. The summed E-state index contributed by atoms with van der Waals surface area (Å²) in [6, 6.07) is 0. The standard InChI is InChI=1S/C10H17N2S/c1-8(2)9(3)5-6-10-11-7-13-12(10)4/h7-8H,3,5-6H2,1-2,4H3/q+1. The van der Waals surface area contributed by atoms with Crippen LogP contribution in [0.25, 0.3) is 0 Å². The highest BCUT2D eigenvalue weighted by Gasteiger charge is 2.11. The lowest BCUT2D eigenvalue weighted by molar-refractivity contribution is -0.611. The molecule has 0 aliphatic rings. The number of rotatable bonds is 4. The molecule has 1 aromatic rings. The number of hydrogen-bond acceptors (Lipinski definition) is 2. The second kappa shape index (κ2) is 4.51. The molecule has 1 heterocycles. The van der Waals surface area contributed by atoms with Gasteiger partial charge in [0.2, 0.25) is 5.51 Å². The Bertz CT molecular complexity index is 289. The molecule has 0 aromatic carbocycles. The van der Waals surface area contributed by atoms with Crippen molar-refractivity contribution in [2.45, 2.75) is 26.7 Å². The van der Waals surface area contributed by atoms with Gasteiger partial charge in [0.15, 0.2) is 0 Å². The molecule has 1 rings (SSSR count). The maximum Gasteiger partial charge on any atom is 0.310 e. The van der Waals surface area contributed by atoms with Crippen molar-refractivity contribution < 1.29 is 3.96 Å². The summed E-state index contributed by atoms with van der Waals surface area (Å²) in [6.07, 6.45) is 2.06. The van der Waals surface area contributed by atoms with Crippen molar-refractivity contribution in [1.29, 1.82) is 0 Å². The Labute approximate surface area is 84.1 Å². The average molecular weight is 197 g/mol. The maximum absolute atomic E-state index is 4.29. The minimum atomic E-state index is 0.587. The summed E-state index contributed by atoms with van der Waals surface area (Å²) in [6.45, 7) is 8.42. The molecule has 0 unspecified atom stereocenters. The summed E-state index contributed by atoms with van der Waals surface area (Å²) in [5, 5.41) is 0. The molecule has 0 aliphatic heterocycles. The van der Waals surface area contributed by atoms with Gasteiger partial charge in [0.1, 0.15) is 0 Å². The Morgan fingerprint density at radius 1 is 1.69 bits per heavy atom. The van der Waals surface area contributed by atoms with Gasteiger partial charge in [0.25, 0.3) is 0 Å². The summed E-state index contributed by atoms with van der Waals surface area (Å²) in [5.41, 5.74) is 3.20. The third-order valence-corrected chi connectivity index (χ3v) is 2.98. The third kappa shape index (κ3) is 2.92. The van der Waals surface area contributed by atoms with E-state index in [0.717, 1.165) is 18.7 Å².